The number of halogens is 1. The van der Waals surface area contributed by atoms with Gasteiger partial charge in [-0.3, -0.25) is 4.79 Å². The van der Waals surface area contributed by atoms with Crippen LogP contribution in [0.4, 0.5) is 5.69 Å². The molecular formula is C22H25ClN4OS2. The lowest BCUT2D eigenvalue weighted by atomic mass is 10.1. The minimum absolute atomic E-state index is 0.0401. The third-order valence-electron chi connectivity index (χ3n) is 4.60. The highest BCUT2D eigenvalue weighted by Crippen LogP contribution is 2.24. The number of aryl methyl sites for hydroxylation is 2. The summed E-state index contributed by atoms with van der Waals surface area (Å²) in [5.41, 5.74) is 4.24. The first kappa shape index (κ1) is 22.7. The summed E-state index contributed by atoms with van der Waals surface area (Å²) in [4.78, 5) is 12.4. The number of hydrogen-bond acceptors (Lipinski definition) is 5. The number of anilines is 1. The van der Waals surface area contributed by atoms with Crippen molar-refractivity contribution in [2.45, 2.75) is 44.0 Å². The molecule has 3 rings (SSSR count). The van der Waals surface area contributed by atoms with Gasteiger partial charge in [-0.2, -0.15) is 0 Å². The summed E-state index contributed by atoms with van der Waals surface area (Å²) >= 11 is 9.14. The van der Waals surface area contributed by atoms with E-state index in [0.29, 0.717) is 5.75 Å². The van der Waals surface area contributed by atoms with Gasteiger partial charge in [0.2, 0.25) is 5.91 Å². The van der Waals surface area contributed by atoms with Crippen LogP contribution in [-0.2, 0) is 22.8 Å². The maximum atomic E-state index is 12.4. The molecule has 30 heavy (non-hydrogen) atoms. The van der Waals surface area contributed by atoms with Gasteiger partial charge in [0.25, 0.3) is 0 Å². The van der Waals surface area contributed by atoms with E-state index in [1.54, 1.807) is 11.8 Å². The summed E-state index contributed by atoms with van der Waals surface area (Å²) < 4.78 is 2.08. The Bertz CT molecular complexity index is 985. The molecule has 158 valence electrons. The number of aromatic nitrogens is 3. The average Bonchev–Trinajstić information content (AvgIpc) is 3.12. The molecule has 0 aliphatic rings. The molecule has 0 aliphatic heterocycles. The number of amides is 1. The number of rotatable bonds is 9. The largest absolute Gasteiger partial charge is 0.325 e. The van der Waals surface area contributed by atoms with Crippen molar-refractivity contribution in [1.82, 2.24) is 14.8 Å². The van der Waals surface area contributed by atoms with Crippen LogP contribution < -0.4 is 5.32 Å². The second-order valence-electron chi connectivity index (χ2n) is 6.87. The number of nitrogens with zero attached hydrogens (tertiary/aromatic N) is 3. The molecule has 0 radical (unpaired) electrons. The van der Waals surface area contributed by atoms with Crippen LogP contribution >= 0.6 is 35.1 Å². The Morgan fingerprint density at radius 1 is 1.07 bits per heavy atom. The molecule has 0 spiro atoms. The maximum absolute atomic E-state index is 12.4. The molecule has 0 unspecified atom stereocenters. The van der Waals surface area contributed by atoms with E-state index in [-0.39, 0.29) is 5.91 Å². The van der Waals surface area contributed by atoms with E-state index in [2.05, 4.69) is 27.0 Å². The Balaban J connectivity index is 1.54. The molecule has 8 heteroatoms. The van der Waals surface area contributed by atoms with Gasteiger partial charge in [-0.05, 0) is 49.6 Å². The fourth-order valence-corrected chi connectivity index (χ4v) is 4.88. The van der Waals surface area contributed by atoms with Crippen LogP contribution in [0.1, 0.15) is 29.4 Å². The van der Waals surface area contributed by atoms with Gasteiger partial charge in [-0.1, -0.05) is 53.7 Å². The summed E-state index contributed by atoms with van der Waals surface area (Å²) in [5, 5.41) is 13.2. The van der Waals surface area contributed by atoms with E-state index < -0.39 is 0 Å². The standard InChI is InChI=1S/C22H25ClN4OS2/c1-4-27-19(13-29-12-17-8-10-18(23)11-9-17)25-26-22(27)30-14-20(28)24-21-15(2)6-5-7-16(21)3/h5-11H,4,12-14H2,1-3H3,(H,24,28). The van der Waals surface area contributed by atoms with Crippen LogP contribution in [0, 0.1) is 13.8 Å². The number of carbonyl (C=O) groups excluding carboxylic acids is 1. The Morgan fingerprint density at radius 2 is 1.77 bits per heavy atom. The zero-order valence-electron chi connectivity index (χ0n) is 17.3. The highest BCUT2D eigenvalue weighted by Gasteiger charge is 2.14. The molecule has 1 aromatic heterocycles. The average molecular weight is 461 g/mol. The van der Waals surface area contributed by atoms with Crippen molar-refractivity contribution in [3.05, 3.63) is 70.0 Å². The van der Waals surface area contributed by atoms with Crippen LogP contribution in [0.2, 0.25) is 5.02 Å². The molecule has 5 nitrogen and oxygen atoms in total. The normalized spacial score (nSPS) is 10.9. The Kier molecular flexibility index (Phi) is 8.24. The third kappa shape index (κ3) is 6.03. The van der Waals surface area contributed by atoms with Gasteiger partial charge in [-0.25, -0.2) is 0 Å². The second kappa shape index (κ2) is 10.9. The van der Waals surface area contributed by atoms with Gasteiger partial charge in [0, 0.05) is 23.0 Å². The molecule has 2 aromatic carbocycles. The predicted molar refractivity (Wildman–Crippen MR) is 127 cm³/mol. The summed E-state index contributed by atoms with van der Waals surface area (Å²) in [6, 6.07) is 13.9. The van der Waals surface area contributed by atoms with Crippen molar-refractivity contribution in [1.29, 1.82) is 0 Å². The third-order valence-corrected chi connectivity index (χ3v) is 6.82. The van der Waals surface area contributed by atoms with Gasteiger partial charge in [0.05, 0.1) is 11.5 Å². The van der Waals surface area contributed by atoms with E-state index in [4.69, 9.17) is 11.6 Å². The summed E-state index contributed by atoms with van der Waals surface area (Å²) in [6.45, 7) is 6.83. The smallest absolute Gasteiger partial charge is 0.234 e. The first-order chi connectivity index (χ1) is 14.5. The molecular weight excluding hydrogens is 436 g/mol. The van der Waals surface area contributed by atoms with Crippen molar-refractivity contribution in [2.75, 3.05) is 11.1 Å². The monoisotopic (exact) mass is 460 g/mol. The molecule has 3 aromatic rings. The van der Waals surface area contributed by atoms with Crippen molar-refractivity contribution in [3.8, 4) is 0 Å². The van der Waals surface area contributed by atoms with Crippen LogP contribution in [0.3, 0.4) is 0 Å². The van der Waals surface area contributed by atoms with Gasteiger partial charge in [0.15, 0.2) is 5.16 Å². The maximum Gasteiger partial charge on any atom is 0.234 e. The summed E-state index contributed by atoms with van der Waals surface area (Å²) in [6.07, 6.45) is 0. The number of benzene rings is 2. The van der Waals surface area contributed by atoms with Crippen molar-refractivity contribution >= 4 is 46.7 Å². The number of nitrogens with one attached hydrogen (secondary N) is 1. The van der Waals surface area contributed by atoms with Gasteiger partial charge >= 0.3 is 0 Å². The van der Waals surface area contributed by atoms with Crippen LogP contribution in [-0.4, -0.2) is 26.4 Å². The number of hydrogen-bond donors (Lipinski definition) is 1. The summed E-state index contributed by atoms with van der Waals surface area (Å²) in [5.74, 6) is 2.83. The zero-order chi connectivity index (χ0) is 21.5. The van der Waals surface area contributed by atoms with E-state index in [1.165, 1.54) is 17.3 Å². The number of thioether (sulfide) groups is 2. The van der Waals surface area contributed by atoms with Crippen molar-refractivity contribution < 1.29 is 4.79 Å². The molecule has 1 amide bonds. The summed E-state index contributed by atoms with van der Waals surface area (Å²) in [7, 11) is 0. The Labute approximate surface area is 191 Å². The number of carbonyl (C=O) groups is 1. The first-order valence-electron chi connectivity index (χ1n) is 9.71. The Morgan fingerprint density at radius 3 is 2.43 bits per heavy atom. The van der Waals surface area contributed by atoms with Crippen molar-refractivity contribution in [3.63, 3.8) is 0 Å². The molecule has 0 fully saturated rings. The van der Waals surface area contributed by atoms with Gasteiger partial charge in [-0.15, -0.1) is 22.0 Å². The van der Waals surface area contributed by atoms with Gasteiger partial charge < -0.3 is 9.88 Å². The molecule has 0 saturated carbocycles. The molecule has 0 aliphatic carbocycles. The van der Waals surface area contributed by atoms with Crippen LogP contribution in [0.5, 0.6) is 0 Å². The van der Waals surface area contributed by atoms with E-state index >= 15 is 0 Å². The lowest BCUT2D eigenvalue weighted by Gasteiger charge is -2.11. The topological polar surface area (TPSA) is 59.8 Å². The van der Waals surface area contributed by atoms with E-state index in [1.807, 2.05) is 56.3 Å². The van der Waals surface area contributed by atoms with Crippen LogP contribution in [0.15, 0.2) is 47.6 Å². The Hall–Kier alpha value is -1.96. The zero-order valence-corrected chi connectivity index (χ0v) is 19.7. The minimum atomic E-state index is -0.0401. The second-order valence-corrected chi connectivity index (χ2v) is 9.23. The lowest BCUT2D eigenvalue weighted by Crippen LogP contribution is -2.16. The van der Waals surface area contributed by atoms with Crippen LogP contribution in [0.25, 0.3) is 0 Å². The highest BCUT2D eigenvalue weighted by atomic mass is 35.5. The first-order valence-corrected chi connectivity index (χ1v) is 12.2. The SMILES string of the molecule is CCn1c(CSCc2ccc(Cl)cc2)nnc1SCC(=O)Nc1c(C)cccc1C. The predicted octanol–water partition coefficient (Wildman–Crippen LogP) is 5.73. The fourth-order valence-electron chi connectivity index (χ4n) is 3.01. The number of para-hydroxylation sites is 1. The lowest BCUT2D eigenvalue weighted by molar-refractivity contribution is -0.113. The molecule has 0 bridgehead atoms. The molecule has 1 heterocycles. The minimum Gasteiger partial charge on any atom is -0.325 e. The molecule has 1 N–H and O–H groups in total. The van der Waals surface area contributed by atoms with Crippen molar-refractivity contribution in [2.24, 2.45) is 0 Å². The quantitative estimate of drug-likeness (QED) is 0.413. The molecule has 0 atom stereocenters. The van der Waals surface area contributed by atoms with Gasteiger partial charge in [0.1, 0.15) is 5.82 Å². The fraction of sp³-hybridized carbons (Fsp3) is 0.318. The highest BCUT2D eigenvalue weighted by molar-refractivity contribution is 7.99. The molecule has 0 saturated heterocycles. The van der Waals surface area contributed by atoms with E-state index in [0.717, 1.165) is 50.9 Å². The van der Waals surface area contributed by atoms with E-state index in [9.17, 15) is 4.79 Å².